The molecule has 0 aromatic carbocycles. The Labute approximate surface area is 105 Å². The van der Waals surface area contributed by atoms with Crippen molar-refractivity contribution in [2.24, 2.45) is 0 Å². The van der Waals surface area contributed by atoms with Crippen LogP contribution >= 0.6 is 0 Å². The van der Waals surface area contributed by atoms with Gasteiger partial charge in [-0.2, -0.15) is 0 Å². The summed E-state index contributed by atoms with van der Waals surface area (Å²) in [5.41, 5.74) is 0.491. The second kappa shape index (κ2) is 5.44. The van der Waals surface area contributed by atoms with Crippen LogP contribution in [0.4, 0.5) is 0 Å². The van der Waals surface area contributed by atoms with E-state index in [0.29, 0.717) is 11.4 Å². The number of methoxy groups -OCH3 is 1. The van der Waals surface area contributed by atoms with Crippen LogP contribution < -0.4 is 4.74 Å². The van der Waals surface area contributed by atoms with E-state index in [1.54, 1.807) is 24.5 Å². The first-order valence-electron chi connectivity index (χ1n) is 5.78. The molecule has 0 aliphatic rings. The molecule has 2 aromatic rings. The number of hydrogen-bond donors (Lipinski definition) is 0. The van der Waals surface area contributed by atoms with E-state index in [2.05, 4.69) is 9.97 Å². The zero-order valence-electron chi connectivity index (χ0n) is 10.5. The molecule has 0 aliphatic heterocycles. The zero-order valence-corrected chi connectivity index (χ0v) is 10.5. The van der Waals surface area contributed by atoms with E-state index in [1.807, 2.05) is 17.7 Å². The Balaban J connectivity index is 2.22. The lowest BCUT2D eigenvalue weighted by Crippen LogP contribution is -2.11. The molecule has 0 atom stereocenters. The van der Waals surface area contributed by atoms with Crippen molar-refractivity contribution in [2.45, 2.75) is 19.9 Å². The summed E-state index contributed by atoms with van der Waals surface area (Å²) in [6.45, 7) is 2.81. The molecule has 18 heavy (non-hydrogen) atoms. The van der Waals surface area contributed by atoms with Crippen molar-refractivity contribution >= 4 is 5.78 Å². The highest BCUT2D eigenvalue weighted by molar-refractivity contribution is 5.99. The molecule has 0 saturated heterocycles. The average Bonchev–Trinajstić information content (AvgIpc) is 2.85. The van der Waals surface area contributed by atoms with Crippen LogP contribution in [-0.4, -0.2) is 27.4 Å². The van der Waals surface area contributed by atoms with Crippen LogP contribution in [0.1, 0.15) is 23.1 Å². The maximum Gasteiger partial charge on any atom is 0.224 e. The maximum atomic E-state index is 12.2. The van der Waals surface area contributed by atoms with Crippen molar-refractivity contribution in [1.82, 2.24) is 14.5 Å². The number of rotatable bonds is 5. The number of aryl methyl sites for hydroxylation is 1. The molecule has 0 radical (unpaired) electrons. The lowest BCUT2D eigenvalue weighted by molar-refractivity contribution is 0.0986. The summed E-state index contributed by atoms with van der Waals surface area (Å²) in [4.78, 5) is 20.4. The van der Waals surface area contributed by atoms with E-state index in [1.165, 1.54) is 7.11 Å². The summed E-state index contributed by atoms with van der Waals surface area (Å²) in [5.74, 6) is 1.08. The summed E-state index contributed by atoms with van der Waals surface area (Å²) < 4.78 is 7.03. The summed E-state index contributed by atoms with van der Waals surface area (Å²) in [5, 5.41) is 0. The van der Waals surface area contributed by atoms with Gasteiger partial charge in [-0.25, -0.2) is 9.97 Å². The van der Waals surface area contributed by atoms with Gasteiger partial charge in [0.1, 0.15) is 5.82 Å². The van der Waals surface area contributed by atoms with Gasteiger partial charge in [0.25, 0.3) is 0 Å². The van der Waals surface area contributed by atoms with Gasteiger partial charge < -0.3 is 9.30 Å². The number of carbonyl (C=O) groups excluding carboxylic acids is 1. The summed E-state index contributed by atoms with van der Waals surface area (Å²) in [6.07, 6.45) is 5.42. The number of hydrogen-bond acceptors (Lipinski definition) is 4. The summed E-state index contributed by atoms with van der Waals surface area (Å²) in [6, 6.07) is 3.44. The fourth-order valence-electron chi connectivity index (χ4n) is 1.80. The minimum absolute atomic E-state index is 0.0409. The van der Waals surface area contributed by atoms with E-state index >= 15 is 0 Å². The predicted molar refractivity (Wildman–Crippen MR) is 66.7 cm³/mol. The number of aromatic nitrogens is 3. The first kappa shape index (κ1) is 12.3. The van der Waals surface area contributed by atoms with Gasteiger partial charge in [-0.3, -0.25) is 4.79 Å². The maximum absolute atomic E-state index is 12.2. The third kappa shape index (κ3) is 2.40. The second-order valence-electron chi connectivity index (χ2n) is 3.79. The van der Waals surface area contributed by atoms with Crippen LogP contribution in [0.5, 0.6) is 5.88 Å². The Bertz CT molecular complexity index is 549. The SMILES string of the molecule is CCn1ccnc1CC(=O)c1cccnc1OC. The van der Waals surface area contributed by atoms with Crippen LogP contribution in [-0.2, 0) is 13.0 Å². The minimum atomic E-state index is -0.0409. The van der Waals surface area contributed by atoms with Gasteiger partial charge in [-0.15, -0.1) is 0 Å². The highest BCUT2D eigenvalue weighted by atomic mass is 16.5. The lowest BCUT2D eigenvalue weighted by atomic mass is 10.1. The van der Waals surface area contributed by atoms with Gasteiger partial charge in [0.2, 0.25) is 5.88 Å². The molecule has 5 nitrogen and oxygen atoms in total. The monoisotopic (exact) mass is 245 g/mol. The molecule has 0 spiro atoms. The van der Waals surface area contributed by atoms with E-state index in [9.17, 15) is 4.79 Å². The molecule has 0 unspecified atom stereocenters. The normalized spacial score (nSPS) is 10.3. The van der Waals surface area contributed by atoms with Gasteiger partial charge in [0, 0.05) is 25.1 Å². The smallest absolute Gasteiger partial charge is 0.224 e. The number of ether oxygens (including phenoxy) is 1. The molecule has 0 aliphatic carbocycles. The van der Waals surface area contributed by atoms with E-state index in [4.69, 9.17) is 4.74 Å². The second-order valence-corrected chi connectivity index (χ2v) is 3.79. The van der Waals surface area contributed by atoms with Crippen LogP contribution in [0.3, 0.4) is 0 Å². The third-order valence-corrected chi connectivity index (χ3v) is 2.73. The Morgan fingerprint density at radius 1 is 1.39 bits per heavy atom. The van der Waals surface area contributed by atoms with E-state index in [-0.39, 0.29) is 12.2 Å². The van der Waals surface area contributed by atoms with Crippen LogP contribution in [0, 0.1) is 0 Å². The summed E-state index contributed by atoms with van der Waals surface area (Å²) >= 11 is 0. The van der Waals surface area contributed by atoms with E-state index in [0.717, 1.165) is 12.4 Å². The minimum Gasteiger partial charge on any atom is -0.480 e. The fourth-order valence-corrected chi connectivity index (χ4v) is 1.80. The molecule has 0 fully saturated rings. The number of ketones is 1. The molecule has 2 heterocycles. The number of carbonyl (C=O) groups is 1. The average molecular weight is 245 g/mol. The van der Waals surface area contributed by atoms with Gasteiger partial charge >= 0.3 is 0 Å². The highest BCUT2D eigenvalue weighted by Crippen LogP contribution is 2.16. The largest absolute Gasteiger partial charge is 0.480 e. The molecule has 2 rings (SSSR count). The van der Waals surface area contributed by atoms with Gasteiger partial charge in [-0.05, 0) is 19.1 Å². The first-order chi connectivity index (χ1) is 8.76. The van der Waals surface area contributed by atoms with E-state index < -0.39 is 0 Å². The number of Topliss-reactive ketones (excluding diaryl/α,β-unsaturated/α-hetero) is 1. The van der Waals surface area contributed by atoms with Crippen molar-refractivity contribution in [2.75, 3.05) is 7.11 Å². The van der Waals surface area contributed by atoms with Gasteiger partial charge in [0.15, 0.2) is 5.78 Å². The van der Waals surface area contributed by atoms with Crippen molar-refractivity contribution in [3.8, 4) is 5.88 Å². The molecule has 2 aromatic heterocycles. The van der Waals surface area contributed by atoms with Crippen molar-refractivity contribution < 1.29 is 9.53 Å². The Hall–Kier alpha value is -2.17. The van der Waals surface area contributed by atoms with Crippen LogP contribution in [0.2, 0.25) is 0 Å². The zero-order chi connectivity index (χ0) is 13.0. The molecule has 0 N–H and O–H groups in total. The fraction of sp³-hybridized carbons (Fsp3) is 0.308. The van der Waals surface area contributed by atoms with Crippen molar-refractivity contribution in [1.29, 1.82) is 0 Å². The molecule has 94 valence electrons. The van der Waals surface area contributed by atoms with Crippen molar-refractivity contribution in [3.63, 3.8) is 0 Å². The first-order valence-corrected chi connectivity index (χ1v) is 5.78. The van der Waals surface area contributed by atoms with Gasteiger partial charge in [0.05, 0.1) is 19.1 Å². The molecule has 0 amide bonds. The Kier molecular flexibility index (Phi) is 3.72. The van der Waals surface area contributed by atoms with Crippen molar-refractivity contribution in [3.05, 3.63) is 42.1 Å². The topological polar surface area (TPSA) is 57.0 Å². The quantitative estimate of drug-likeness (QED) is 0.753. The molecular weight excluding hydrogens is 230 g/mol. The standard InChI is InChI=1S/C13H15N3O2/c1-3-16-8-7-14-12(16)9-11(17)10-5-4-6-15-13(10)18-2/h4-8H,3,9H2,1-2H3. The highest BCUT2D eigenvalue weighted by Gasteiger charge is 2.15. The number of imidazole rings is 1. The Morgan fingerprint density at radius 3 is 2.94 bits per heavy atom. The Morgan fingerprint density at radius 2 is 2.22 bits per heavy atom. The molecule has 0 saturated carbocycles. The number of nitrogens with zero attached hydrogens (tertiary/aromatic N) is 3. The van der Waals surface area contributed by atoms with Crippen LogP contribution in [0.25, 0.3) is 0 Å². The van der Waals surface area contributed by atoms with Crippen LogP contribution in [0.15, 0.2) is 30.7 Å². The summed E-state index contributed by atoms with van der Waals surface area (Å²) in [7, 11) is 1.51. The third-order valence-electron chi connectivity index (χ3n) is 2.73. The molecular formula is C13H15N3O2. The predicted octanol–water partition coefficient (Wildman–Crippen LogP) is 1.73. The molecule has 5 heteroatoms. The number of pyridine rings is 1. The lowest BCUT2D eigenvalue weighted by Gasteiger charge is -2.07. The van der Waals surface area contributed by atoms with Gasteiger partial charge in [-0.1, -0.05) is 0 Å². The molecule has 0 bridgehead atoms.